The number of ether oxygens (including phenoxy) is 1. The van der Waals surface area contributed by atoms with Gasteiger partial charge >= 0.3 is 6.18 Å². The predicted octanol–water partition coefficient (Wildman–Crippen LogP) is 1.98. The van der Waals surface area contributed by atoms with Crippen LogP contribution in [0.15, 0.2) is 23.1 Å². The van der Waals surface area contributed by atoms with Gasteiger partial charge in [0.15, 0.2) is 5.60 Å². The van der Waals surface area contributed by atoms with E-state index in [0.29, 0.717) is 6.92 Å². The zero-order chi connectivity index (χ0) is 20.3. The summed E-state index contributed by atoms with van der Waals surface area (Å²) < 4.78 is 68.9. The SMILES string of the molecule is CCOc1ccc(NC(=O)C[C@@](C)(O)C(F)(F)F)cc1S(=O)(=O)N(C)C. The van der Waals surface area contributed by atoms with Crippen LogP contribution in [0.4, 0.5) is 18.9 Å². The van der Waals surface area contributed by atoms with Crippen molar-refractivity contribution in [3.8, 4) is 5.75 Å². The Kier molecular flexibility index (Phi) is 6.66. The highest BCUT2D eigenvalue weighted by Gasteiger charge is 2.51. The van der Waals surface area contributed by atoms with Gasteiger partial charge in [-0.1, -0.05) is 0 Å². The van der Waals surface area contributed by atoms with Gasteiger partial charge in [-0.05, 0) is 32.0 Å². The third-order valence-electron chi connectivity index (χ3n) is 3.40. The van der Waals surface area contributed by atoms with Gasteiger partial charge < -0.3 is 15.2 Å². The van der Waals surface area contributed by atoms with Crippen molar-refractivity contribution in [3.05, 3.63) is 18.2 Å². The molecule has 0 saturated heterocycles. The van der Waals surface area contributed by atoms with Crippen molar-refractivity contribution in [3.63, 3.8) is 0 Å². The van der Waals surface area contributed by atoms with Gasteiger partial charge in [0, 0.05) is 19.8 Å². The van der Waals surface area contributed by atoms with E-state index in [9.17, 15) is 31.5 Å². The third kappa shape index (κ3) is 5.08. The van der Waals surface area contributed by atoms with Crippen LogP contribution in [-0.2, 0) is 14.8 Å². The van der Waals surface area contributed by atoms with Crippen molar-refractivity contribution in [2.75, 3.05) is 26.0 Å². The monoisotopic (exact) mass is 398 g/mol. The molecule has 7 nitrogen and oxygen atoms in total. The average molecular weight is 398 g/mol. The molecule has 0 aromatic heterocycles. The van der Waals surface area contributed by atoms with Crippen LogP contribution in [0.25, 0.3) is 0 Å². The molecule has 1 rings (SSSR count). The molecular formula is C15H21F3N2O5S. The van der Waals surface area contributed by atoms with Crippen LogP contribution in [0.5, 0.6) is 5.75 Å². The zero-order valence-electron chi connectivity index (χ0n) is 14.7. The summed E-state index contributed by atoms with van der Waals surface area (Å²) in [6.07, 6.45) is -6.22. The molecule has 1 amide bonds. The Morgan fingerprint density at radius 3 is 2.35 bits per heavy atom. The van der Waals surface area contributed by atoms with Gasteiger partial charge in [0.2, 0.25) is 15.9 Å². The zero-order valence-corrected chi connectivity index (χ0v) is 15.5. The Morgan fingerprint density at radius 2 is 1.88 bits per heavy atom. The highest BCUT2D eigenvalue weighted by Crippen LogP contribution is 2.33. The van der Waals surface area contributed by atoms with Gasteiger partial charge in [-0.3, -0.25) is 4.79 Å². The lowest BCUT2D eigenvalue weighted by Crippen LogP contribution is -2.44. The normalized spacial score (nSPS) is 14.8. The Labute approximate surface area is 149 Å². The van der Waals surface area contributed by atoms with Gasteiger partial charge in [0.1, 0.15) is 10.6 Å². The molecular weight excluding hydrogens is 377 g/mol. The molecule has 0 aliphatic rings. The molecule has 2 N–H and O–H groups in total. The van der Waals surface area contributed by atoms with Crippen LogP contribution in [0.2, 0.25) is 0 Å². The lowest BCUT2D eigenvalue weighted by Gasteiger charge is -2.25. The van der Waals surface area contributed by atoms with Crippen LogP contribution in [0.1, 0.15) is 20.3 Å². The molecule has 11 heteroatoms. The van der Waals surface area contributed by atoms with E-state index in [1.54, 1.807) is 6.92 Å². The number of aliphatic hydroxyl groups is 1. The third-order valence-corrected chi connectivity index (χ3v) is 5.24. The van der Waals surface area contributed by atoms with Crippen molar-refractivity contribution < 1.29 is 36.2 Å². The van der Waals surface area contributed by atoms with Gasteiger partial charge in [0.05, 0.1) is 13.0 Å². The number of halogens is 3. The van der Waals surface area contributed by atoms with Gasteiger partial charge in [-0.15, -0.1) is 0 Å². The van der Waals surface area contributed by atoms with Crippen molar-refractivity contribution >= 4 is 21.6 Å². The molecule has 26 heavy (non-hydrogen) atoms. The van der Waals surface area contributed by atoms with Gasteiger partial charge in [-0.2, -0.15) is 13.2 Å². The summed E-state index contributed by atoms with van der Waals surface area (Å²) in [5, 5.41) is 11.5. The maximum Gasteiger partial charge on any atom is 0.417 e. The first kappa shape index (κ1) is 22.2. The summed E-state index contributed by atoms with van der Waals surface area (Å²) in [6.45, 7) is 2.32. The number of anilines is 1. The molecule has 0 spiro atoms. The molecule has 0 saturated carbocycles. The lowest BCUT2D eigenvalue weighted by molar-refractivity contribution is -0.252. The van der Waals surface area contributed by atoms with E-state index in [2.05, 4.69) is 5.32 Å². The fourth-order valence-corrected chi connectivity index (χ4v) is 2.93. The number of sulfonamides is 1. The number of amides is 1. The first-order valence-corrected chi connectivity index (χ1v) is 8.94. The minimum atomic E-state index is -4.98. The smallest absolute Gasteiger partial charge is 0.417 e. The number of hydrogen-bond acceptors (Lipinski definition) is 5. The predicted molar refractivity (Wildman–Crippen MR) is 88.4 cm³/mol. The maximum absolute atomic E-state index is 12.6. The highest BCUT2D eigenvalue weighted by atomic mass is 32.2. The molecule has 0 aliphatic carbocycles. The van der Waals surface area contributed by atoms with Crippen LogP contribution in [0.3, 0.4) is 0 Å². The number of hydrogen-bond donors (Lipinski definition) is 2. The van der Waals surface area contributed by atoms with E-state index in [-0.39, 0.29) is 22.9 Å². The summed E-state index contributed by atoms with van der Waals surface area (Å²) in [6, 6.07) is 3.66. The van der Waals surface area contributed by atoms with Crippen molar-refractivity contribution in [1.82, 2.24) is 4.31 Å². The number of benzene rings is 1. The Balaban J connectivity index is 3.15. The molecule has 0 radical (unpaired) electrons. The Bertz CT molecular complexity index is 761. The molecule has 0 heterocycles. The van der Waals surface area contributed by atoms with E-state index in [1.807, 2.05) is 0 Å². The maximum atomic E-state index is 12.6. The largest absolute Gasteiger partial charge is 0.492 e. The Hall–Kier alpha value is -1.85. The van der Waals surface area contributed by atoms with E-state index in [0.717, 1.165) is 10.4 Å². The summed E-state index contributed by atoms with van der Waals surface area (Å²) in [7, 11) is -1.31. The fraction of sp³-hybridized carbons (Fsp3) is 0.533. The quantitative estimate of drug-likeness (QED) is 0.732. The number of carbonyl (C=O) groups excluding carboxylic acids is 1. The molecule has 148 valence electrons. The van der Waals surface area contributed by atoms with Crippen molar-refractivity contribution in [1.29, 1.82) is 0 Å². The standard InChI is InChI=1S/C15H21F3N2O5S/c1-5-25-11-7-6-10(8-12(11)26(23,24)20(3)4)19-13(21)9-14(2,22)15(16,17)18/h6-8,22H,5,9H2,1-4H3,(H,19,21)/t14-/m1/s1. The van der Waals surface area contributed by atoms with Gasteiger partial charge in [-0.25, -0.2) is 12.7 Å². The van der Waals surface area contributed by atoms with E-state index < -0.39 is 34.1 Å². The summed E-state index contributed by atoms with van der Waals surface area (Å²) in [5.41, 5.74) is -3.25. The van der Waals surface area contributed by atoms with Crippen LogP contribution in [0, 0.1) is 0 Å². The molecule has 1 aromatic rings. The van der Waals surface area contributed by atoms with E-state index >= 15 is 0 Å². The summed E-state index contributed by atoms with van der Waals surface area (Å²) in [4.78, 5) is 11.6. The molecule has 1 aromatic carbocycles. The summed E-state index contributed by atoms with van der Waals surface area (Å²) in [5.74, 6) is -1.08. The van der Waals surface area contributed by atoms with Crippen molar-refractivity contribution in [2.24, 2.45) is 0 Å². The second-order valence-electron chi connectivity index (χ2n) is 5.88. The minimum absolute atomic E-state index is 0.0430. The first-order valence-electron chi connectivity index (χ1n) is 7.50. The lowest BCUT2D eigenvalue weighted by atomic mass is 10.0. The molecule has 0 fully saturated rings. The second-order valence-corrected chi connectivity index (χ2v) is 8.00. The first-order chi connectivity index (χ1) is 11.7. The van der Waals surface area contributed by atoms with Gasteiger partial charge in [0.25, 0.3) is 0 Å². The number of nitrogens with zero attached hydrogens (tertiary/aromatic N) is 1. The highest BCUT2D eigenvalue weighted by molar-refractivity contribution is 7.89. The topological polar surface area (TPSA) is 95.9 Å². The number of alkyl halides is 3. The summed E-state index contributed by atoms with van der Waals surface area (Å²) >= 11 is 0. The number of rotatable bonds is 7. The number of carbonyl (C=O) groups is 1. The minimum Gasteiger partial charge on any atom is -0.492 e. The molecule has 0 unspecified atom stereocenters. The molecule has 0 aliphatic heterocycles. The average Bonchev–Trinajstić information content (AvgIpc) is 2.46. The van der Waals surface area contributed by atoms with E-state index in [4.69, 9.17) is 4.74 Å². The van der Waals surface area contributed by atoms with E-state index in [1.165, 1.54) is 26.2 Å². The van der Waals surface area contributed by atoms with Crippen LogP contribution >= 0.6 is 0 Å². The van der Waals surface area contributed by atoms with Crippen LogP contribution in [-0.4, -0.2) is 56.2 Å². The second kappa shape index (κ2) is 7.80. The number of nitrogens with one attached hydrogen (secondary N) is 1. The molecule has 1 atom stereocenters. The fourth-order valence-electron chi connectivity index (χ4n) is 1.88. The van der Waals surface area contributed by atoms with Crippen LogP contribution < -0.4 is 10.1 Å². The Morgan fingerprint density at radius 1 is 1.31 bits per heavy atom. The van der Waals surface area contributed by atoms with Crippen molar-refractivity contribution in [2.45, 2.75) is 36.9 Å². The molecule has 0 bridgehead atoms.